The number of nitrogens with zero attached hydrogens (tertiary/aromatic N) is 1. The number of carbonyl (C=O) groups is 1. The van der Waals surface area contributed by atoms with Crippen molar-refractivity contribution in [1.29, 1.82) is 0 Å². The van der Waals surface area contributed by atoms with Crippen LogP contribution in [0.25, 0.3) is 0 Å². The largest absolute Gasteiger partial charge is 0.336 e. The minimum Gasteiger partial charge on any atom is -0.336 e. The second-order valence-electron chi connectivity index (χ2n) is 2.39. The van der Waals surface area contributed by atoms with Crippen molar-refractivity contribution in [3.63, 3.8) is 0 Å². The predicted octanol–water partition coefficient (Wildman–Crippen LogP) is 0.793. The normalized spacial score (nSPS) is 25.7. The van der Waals surface area contributed by atoms with Gasteiger partial charge >= 0.3 is 0 Å². The monoisotopic (exact) mass is 125 g/mol. The summed E-state index contributed by atoms with van der Waals surface area (Å²) >= 11 is 0. The molecule has 0 aromatic heterocycles. The summed E-state index contributed by atoms with van der Waals surface area (Å²) in [5.41, 5.74) is 0. The van der Waals surface area contributed by atoms with E-state index in [9.17, 15) is 4.79 Å². The second kappa shape index (κ2) is 2.21. The Morgan fingerprint density at radius 3 is 2.89 bits per heavy atom. The molecule has 1 aliphatic heterocycles. The molecule has 1 aliphatic rings. The van der Waals surface area contributed by atoms with Gasteiger partial charge in [-0.15, -0.1) is 6.58 Å². The molecule has 9 heavy (non-hydrogen) atoms. The van der Waals surface area contributed by atoms with Crippen molar-refractivity contribution >= 4 is 5.91 Å². The van der Waals surface area contributed by atoms with E-state index < -0.39 is 0 Å². The first-order chi connectivity index (χ1) is 4.25. The number of carbonyl (C=O) groups excluding carboxylic acids is 1. The third-order valence-electron chi connectivity index (χ3n) is 1.65. The molecule has 0 aliphatic carbocycles. The molecule has 0 N–H and O–H groups in total. The highest BCUT2D eigenvalue weighted by atomic mass is 16.2. The topological polar surface area (TPSA) is 20.3 Å². The van der Waals surface area contributed by atoms with Crippen LogP contribution < -0.4 is 0 Å². The van der Waals surface area contributed by atoms with Crippen LogP contribution in [0.5, 0.6) is 0 Å². The molecular formula is C7H11NO. The summed E-state index contributed by atoms with van der Waals surface area (Å²) in [6.07, 6.45) is 2.47. The maximum Gasteiger partial charge on any atom is 0.225 e. The van der Waals surface area contributed by atoms with E-state index in [1.54, 1.807) is 6.08 Å². The average Bonchev–Trinajstić information content (AvgIpc) is 1.84. The van der Waals surface area contributed by atoms with Crippen LogP contribution in [0.15, 0.2) is 12.7 Å². The van der Waals surface area contributed by atoms with Gasteiger partial charge < -0.3 is 4.90 Å². The summed E-state index contributed by atoms with van der Waals surface area (Å²) in [5.74, 6) is 0.252. The molecule has 0 saturated carbocycles. The first kappa shape index (κ1) is 6.33. The summed E-state index contributed by atoms with van der Waals surface area (Å²) in [4.78, 5) is 12.5. The summed E-state index contributed by atoms with van der Waals surface area (Å²) < 4.78 is 0. The minimum atomic E-state index is 0.252. The predicted molar refractivity (Wildman–Crippen MR) is 36.0 cm³/mol. The number of β-lactam (4-membered cyclic amide) rings is 1. The SMILES string of the molecule is C=CCN1C(=O)CC1C. The third kappa shape index (κ3) is 0.969. The second-order valence-corrected chi connectivity index (χ2v) is 2.39. The zero-order valence-electron chi connectivity index (χ0n) is 5.63. The average molecular weight is 125 g/mol. The molecule has 0 aromatic rings. The van der Waals surface area contributed by atoms with Gasteiger partial charge in [-0.3, -0.25) is 4.79 Å². The molecule has 1 fully saturated rings. The Morgan fingerprint density at radius 2 is 2.67 bits per heavy atom. The Bertz CT molecular complexity index is 142. The fourth-order valence-corrected chi connectivity index (χ4v) is 1.03. The van der Waals surface area contributed by atoms with Crippen LogP contribution >= 0.6 is 0 Å². The fraction of sp³-hybridized carbons (Fsp3) is 0.571. The van der Waals surface area contributed by atoms with Crippen LogP contribution in [0.3, 0.4) is 0 Å². The van der Waals surface area contributed by atoms with Crippen molar-refractivity contribution in [2.75, 3.05) is 6.54 Å². The molecule has 0 radical (unpaired) electrons. The number of hydrogen-bond donors (Lipinski definition) is 0. The fourth-order valence-electron chi connectivity index (χ4n) is 1.03. The summed E-state index contributed by atoms with van der Waals surface area (Å²) in [5, 5.41) is 0. The highest BCUT2D eigenvalue weighted by molar-refractivity contribution is 5.83. The first-order valence-electron chi connectivity index (χ1n) is 3.16. The van der Waals surface area contributed by atoms with Gasteiger partial charge in [0.1, 0.15) is 0 Å². The van der Waals surface area contributed by atoms with Gasteiger partial charge in [0.2, 0.25) is 5.91 Å². The quantitative estimate of drug-likeness (QED) is 0.394. The maximum atomic E-state index is 10.7. The molecular weight excluding hydrogens is 114 g/mol. The smallest absolute Gasteiger partial charge is 0.225 e. The van der Waals surface area contributed by atoms with Crippen LogP contribution in [0, 0.1) is 0 Å². The van der Waals surface area contributed by atoms with E-state index in [2.05, 4.69) is 6.58 Å². The summed E-state index contributed by atoms with van der Waals surface area (Å²) in [7, 11) is 0. The lowest BCUT2D eigenvalue weighted by Gasteiger charge is -2.37. The van der Waals surface area contributed by atoms with E-state index in [0.29, 0.717) is 19.0 Å². The van der Waals surface area contributed by atoms with Gasteiger partial charge in [-0.05, 0) is 6.92 Å². The third-order valence-corrected chi connectivity index (χ3v) is 1.65. The van der Waals surface area contributed by atoms with Crippen LogP contribution in [0.4, 0.5) is 0 Å². The Labute approximate surface area is 55.2 Å². The van der Waals surface area contributed by atoms with Gasteiger partial charge in [-0.25, -0.2) is 0 Å². The van der Waals surface area contributed by atoms with Crippen molar-refractivity contribution in [2.45, 2.75) is 19.4 Å². The van der Waals surface area contributed by atoms with Crippen LogP contribution in [-0.4, -0.2) is 23.4 Å². The molecule has 0 bridgehead atoms. The molecule has 2 heteroatoms. The van der Waals surface area contributed by atoms with E-state index >= 15 is 0 Å². The van der Waals surface area contributed by atoms with Crippen LogP contribution in [0.2, 0.25) is 0 Å². The van der Waals surface area contributed by atoms with E-state index in [1.165, 1.54) is 0 Å². The van der Waals surface area contributed by atoms with Gasteiger partial charge in [-0.2, -0.15) is 0 Å². The molecule has 1 unspecified atom stereocenters. The van der Waals surface area contributed by atoms with Gasteiger partial charge in [0.15, 0.2) is 0 Å². The lowest BCUT2D eigenvalue weighted by molar-refractivity contribution is -0.143. The van der Waals surface area contributed by atoms with Crippen LogP contribution in [-0.2, 0) is 4.79 Å². The Hall–Kier alpha value is -0.790. The standard InChI is InChI=1S/C7H11NO/c1-3-4-8-6(2)5-7(8)9/h3,6H,1,4-5H2,2H3. The molecule has 50 valence electrons. The van der Waals surface area contributed by atoms with E-state index in [0.717, 1.165) is 0 Å². The summed E-state index contributed by atoms with van der Waals surface area (Å²) in [6, 6.07) is 0.440. The number of rotatable bonds is 2. The zero-order valence-corrected chi connectivity index (χ0v) is 5.63. The maximum absolute atomic E-state index is 10.7. The van der Waals surface area contributed by atoms with Crippen molar-refractivity contribution < 1.29 is 4.79 Å². The van der Waals surface area contributed by atoms with Crippen molar-refractivity contribution in [3.05, 3.63) is 12.7 Å². The molecule has 1 rings (SSSR count). The highest BCUT2D eigenvalue weighted by Crippen LogP contribution is 2.16. The molecule has 1 saturated heterocycles. The lowest BCUT2D eigenvalue weighted by atomic mass is 10.1. The van der Waals surface area contributed by atoms with Gasteiger partial charge in [0.05, 0.1) is 0 Å². The molecule has 1 atom stereocenters. The minimum absolute atomic E-state index is 0.252. The molecule has 2 nitrogen and oxygen atoms in total. The molecule has 1 amide bonds. The van der Waals surface area contributed by atoms with Crippen molar-refractivity contribution in [3.8, 4) is 0 Å². The van der Waals surface area contributed by atoms with Gasteiger partial charge in [0.25, 0.3) is 0 Å². The van der Waals surface area contributed by atoms with E-state index in [4.69, 9.17) is 0 Å². The lowest BCUT2D eigenvalue weighted by Crippen LogP contribution is -2.50. The number of hydrogen-bond acceptors (Lipinski definition) is 1. The Morgan fingerprint density at radius 1 is 2.00 bits per heavy atom. The van der Waals surface area contributed by atoms with E-state index in [-0.39, 0.29) is 5.91 Å². The van der Waals surface area contributed by atoms with Crippen LogP contribution in [0.1, 0.15) is 13.3 Å². The zero-order chi connectivity index (χ0) is 6.85. The molecule has 1 heterocycles. The molecule has 0 aromatic carbocycles. The van der Waals surface area contributed by atoms with Gasteiger partial charge in [-0.1, -0.05) is 6.08 Å². The Kier molecular flexibility index (Phi) is 1.56. The van der Waals surface area contributed by atoms with Crippen molar-refractivity contribution in [1.82, 2.24) is 4.90 Å². The molecule has 0 spiro atoms. The van der Waals surface area contributed by atoms with Crippen molar-refractivity contribution in [2.24, 2.45) is 0 Å². The summed E-state index contributed by atoms with van der Waals surface area (Å²) in [6.45, 7) is 6.31. The van der Waals surface area contributed by atoms with Gasteiger partial charge in [0, 0.05) is 19.0 Å². The highest BCUT2D eigenvalue weighted by Gasteiger charge is 2.30. The number of amides is 1. The van der Waals surface area contributed by atoms with E-state index in [1.807, 2.05) is 11.8 Å². The Balaban J connectivity index is 2.39. The first-order valence-corrected chi connectivity index (χ1v) is 3.16. The number of likely N-dealkylation sites (tertiary alicyclic amines) is 1.